The van der Waals surface area contributed by atoms with Gasteiger partial charge in [0.25, 0.3) is 0 Å². The maximum Gasteiger partial charge on any atom is 0.490 e. The van der Waals surface area contributed by atoms with Gasteiger partial charge < -0.3 is 20.5 Å². The minimum Gasteiger partial charge on any atom is -0.475 e. The first-order chi connectivity index (χ1) is 14.4. The maximum absolute atomic E-state index is 12.5. The molecule has 1 aromatic rings. The van der Waals surface area contributed by atoms with Gasteiger partial charge in [0.2, 0.25) is 5.91 Å². The quantitative estimate of drug-likeness (QED) is 0.437. The number of nitrogens with two attached hydrogens (primary N) is 1. The van der Waals surface area contributed by atoms with Gasteiger partial charge in [-0.05, 0) is 30.9 Å². The normalized spacial score (nSPS) is 16.5. The van der Waals surface area contributed by atoms with Crippen LogP contribution in [0.5, 0.6) is 0 Å². The second kappa shape index (κ2) is 11.6. The number of amides is 1. The summed E-state index contributed by atoms with van der Waals surface area (Å²) in [6.45, 7) is 0.944. The molecule has 0 unspecified atom stereocenters. The van der Waals surface area contributed by atoms with Crippen LogP contribution in [0.4, 0.5) is 13.2 Å². The van der Waals surface area contributed by atoms with Gasteiger partial charge in [-0.3, -0.25) is 9.59 Å². The van der Waals surface area contributed by atoms with Crippen LogP contribution in [0.2, 0.25) is 5.02 Å². The molecule has 3 N–H and O–H groups in total. The predicted molar refractivity (Wildman–Crippen MR) is 111 cm³/mol. The molecule has 1 atom stereocenters. The van der Waals surface area contributed by atoms with Crippen LogP contribution in [0.25, 0.3) is 0 Å². The van der Waals surface area contributed by atoms with Crippen LogP contribution in [0.15, 0.2) is 24.3 Å². The van der Waals surface area contributed by atoms with Crippen molar-refractivity contribution in [2.75, 3.05) is 26.0 Å². The smallest absolute Gasteiger partial charge is 0.475 e. The fourth-order valence-electron chi connectivity index (χ4n) is 3.14. The van der Waals surface area contributed by atoms with Gasteiger partial charge in [0.05, 0.1) is 18.6 Å². The molecule has 0 radical (unpaired) electrons. The van der Waals surface area contributed by atoms with Gasteiger partial charge in [-0.2, -0.15) is 25.8 Å². The highest BCUT2D eigenvalue weighted by molar-refractivity contribution is 7.80. The third kappa shape index (κ3) is 7.58. The molecule has 1 amide bonds. The summed E-state index contributed by atoms with van der Waals surface area (Å²) in [6, 6.07) is 6.88. The number of ether oxygens (including phenoxy) is 1. The van der Waals surface area contributed by atoms with E-state index >= 15 is 0 Å². The third-order valence-electron chi connectivity index (χ3n) is 4.89. The number of thiol groups is 1. The Labute approximate surface area is 188 Å². The molecule has 0 aromatic heterocycles. The summed E-state index contributed by atoms with van der Waals surface area (Å²) in [5.74, 6) is -2.83. The average molecular weight is 485 g/mol. The van der Waals surface area contributed by atoms with Gasteiger partial charge in [0.15, 0.2) is 0 Å². The zero-order valence-electron chi connectivity index (χ0n) is 16.7. The number of esters is 1. The summed E-state index contributed by atoms with van der Waals surface area (Å²) in [5, 5.41) is 7.76. The van der Waals surface area contributed by atoms with E-state index in [2.05, 4.69) is 12.6 Å². The van der Waals surface area contributed by atoms with Crippen LogP contribution >= 0.6 is 24.2 Å². The number of carbonyl (C=O) groups is 3. The number of halogens is 4. The number of carboxylic acids is 1. The molecular weight excluding hydrogens is 461 g/mol. The van der Waals surface area contributed by atoms with E-state index in [-0.39, 0.29) is 11.9 Å². The Balaban J connectivity index is 0.000000592. The van der Waals surface area contributed by atoms with Gasteiger partial charge in [0, 0.05) is 23.9 Å². The standard InChI is InChI=1S/C17H23ClN2O3S.C2HF3O2/c1-23-16(22)17(10-12-4-2-3-5-13(12)18)6-8-20(9-7-17)15(21)14(19)11-24;3-2(4,5)1(6)7/h2-5,14,24H,6-11,19H2,1H3;(H,6,7)/t14-;/m0./s1. The number of hydrogen-bond donors (Lipinski definition) is 3. The van der Waals surface area contributed by atoms with E-state index in [1.165, 1.54) is 7.11 Å². The van der Waals surface area contributed by atoms with Crippen LogP contribution in [-0.2, 0) is 25.5 Å². The van der Waals surface area contributed by atoms with E-state index < -0.39 is 23.6 Å². The average Bonchev–Trinajstić information content (AvgIpc) is 2.74. The van der Waals surface area contributed by atoms with Crippen LogP contribution in [-0.4, -0.2) is 66.0 Å². The zero-order valence-corrected chi connectivity index (χ0v) is 18.3. The van der Waals surface area contributed by atoms with Crippen LogP contribution < -0.4 is 5.73 Å². The number of benzene rings is 1. The Morgan fingerprint density at radius 1 is 1.29 bits per heavy atom. The molecule has 1 heterocycles. The summed E-state index contributed by atoms with van der Waals surface area (Å²) >= 11 is 10.3. The Kier molecular flexibility index (Phi) is 10.1. The number of carbonyl (C=O) groups excluding carboxylic acids is 2. The van der Waals surface area contributed by atoms with Crippen LogP contribution in [0, 0.1) is 5.41 Å². The fraction of sp³-hybridized carbons (Fsp3) is 0.526. The lowest BCUT2D eigenvalue weighted by atomic mass is 9.73. The molecule has 12 heteroatoms. The number of likely N-dealkylation sites (tertiary alicyclic amines) is 1. The largest absolute Gasteiger partial charge is 0.490 e. The third-order valence-corrected chi connectivity index (χ3v) is 5.66. The molecule has 2 rings (SSSR count). The molecule has 0 spiro atoms. The summed E-state index contributed by atoms with van der Waals surface area (Å²) in [5.41, 5.74) is 6.02. The van der Waals surface area contributed by atoms with Crippen molar-refractivity contribution in [3.8, 4) is 0 Å². The lowest BCUT2D eigenvalue weighted by Crippen LogP contribution is -2.52. The topological polar surface area (TPSA) is 110 Å². The highest BCUT2D eigenvalue weighted by Crippen LogP contribution is 2.38. The molecule has 1 fully saturated rings. The van der Waals surface area contributed by atoms with E-state index in [1.807, 2.05) is 24.3 Å². The second-order valence-corrected chi connectivity index (χ2v) is 7.73. The van der Waals surface area contributed by atoms with Crippen molar-refractivity contribution in [1.29, 1.82) is 0 Å². The summed E-state index contributed by atoms with van der Waals surface area (Å²) < 4.78 is 36.8. The molecule has 1 aromatic carbocycles. The molecule has 1 saturated heterocycles. The van der Waals surface area contributed by atoms with Gasteiger partial charge in [-0.1, -0.05) is 29.8 Å². The minimum atomic E-state index is -5.08. The van der Waals surface area contributed by atoms with Crippen molar-refractivity contribution in [2.45, 2.75) is 31.5 Å². The van der Waals surface area contributed by atoms with E-state index in [9.17, 15) is 22.8 Å². The molecule has 7 nitrogen and oxygen atoms in total. The molecule has 0 saturated carbocycles. The first-order valence-corrected chi connectivity index (χ1v) is 10.2. The van der Waals surface area contributed by atoms with Gasteiger partial charge in [0.1, 0.15) is 0 Å². The summed E-state index contributed by atoms with van der Waals surface area (Å²) in [7, 11) is 1.39. The molecule has 174 valence electrons. The number of piperidine rings is 1. The van der Waals surface area contributed by atoms with Crippen molar-refractivity contribution in [3.05, 3.63) is 34.9 Å². The molecular formula is C19H24ClF3N2O5S. The van der Waals surface area contributed by atoms with Crippen LogP contribution in [0.1, 0.15) is 18.4 Å². The second-order valence-electron chi connectivity index (χ2n) is 6.96. The van der Waals surface area contributed by atoms with Crippen molar-refractivity contribution in [1.82, 2.24) is 4.90 Å². The number of nitrogens with zero attached hydrogens (tertiary/aromatic N) is 1. The monoisotopic (exact) mass is 484 g/mol. The Bertz CT molecular complexity index is 786. The van der Waals surface area contributed by atoms with Gasteiger partial charge in [-0.15, -0.1) is 0 Å². The number of aliphatic carboxylic acids is 1. The number of alkyl halides is 3. The first kappa shape index (κ1) is 27.1. The van der Waals surface area contributed by atoms with Crippen molar-refractivity contribution >= 4 is 42.1 Å². The summed E-state index contributed by atoms with van der Waals surface area (Å²) in [4.78, 5) is 35.3. The number of methoxy groups -OCH3 is 1. The molecule has 31 heavy (non-hydrogen) atoms. The maximum atomic E-state index is 12.5. The van der Waals surface area contributed by atoms with Crippen LogP contribution in [0.3, 0.4) is 0 Å². The minimum absolute atomic E-state index is 0.124. The lowest BCUT2D eigenvalue weighted by Gasteiger charge is -2.40. The van der Waals surface area contributed by atoms with Gasteiger partial charge in [-0.25, -0.2) is 4.79 Å². The molecule has 0 aliphatic carbocycles. The Morgan fingerprint density at radius 3 is 2.23 bits per heavy atom. The van der Waals surface area contributed by atoms with E-state index in [1.54, 1.807) is 4.90 Å². The number of hydrogen-bond acceptors (Lipinski definition) is 6. The first-order valence-electron chi connectivity index (χ1n) is 9.15. The molecule has 1 aliphatic heterocycles. The predicted octanol–water partition coefficient (Wildman–Crippen LogP) is 2.55. The fourth-order valence-corrected chi connectivity index (χ4v) is 3.50. The van der Waals surface area contributed by atoms with E-state index in [0.717, 1.165) is 5.56 Å². The number of carboxylic acid groups (broad SMARTS) is 1. The highest BCUT2D eigenvalue weighted by Gasteiger charge is 2.44. The van der Waals surface area contributed by atoms with E-state index in [0.29, 0.717) is 43.1 Å². The van der Waals surface area contributed by atoms with Crippen molar-refractivity contribution < 1.29 is 37.4 Å². The van der Waals surface area contributed by atoms with E-state index in [4.69, 9.17) is 32.0 Å². The number of rotatable bonds is 5. The van der Waals surface area contributed by atoms with Crippen molar-refractivity contribution in [3.63, 3.8) is 0 Å². The zero-order chi connectivity index (χ0) is 23.8. The van der Waals surface area contributed by atoms with Gasteiger partial charge >= 0.3 is 18.1 Å². The molecule has 0 bridgehead atoms. The summed E-state index contributed by atoms with van der Waals surface area (Å²) in [6.07, 6.45) is -3.54. The Hall–Kier alpha value is -1.98. The SMILES string of the molecule is COC(=O)C1(Cc2ccccc2Cl)CCN(C(=O)[C@@H](N)CS)CC1.O=C(O)C(F)(F)F. The van der Waals surface area contributed by atoms with Crippen molar-refractivity contribution in [2.24, 2.45) is 11.1 Å². The highest BCUT2D eigenvalue weighted by atomic mass is 35.5. The molecule has 1 aliphatic rings. The Morgan fingerprint density at radius 2 is 1.81 bits per heavy atom. The lowest BCUT2D eigenvalue weighted by molar-refractivity contribution is -0.192.